The second-order valence-corrected chi connectivity index (χ2v) is 8.90. The summed E-state index contributed by atoms with van der Waals surface area (Å²) in [5.74, 6) is 0.586. The number of aryl methyl sites for hydroxylation is 1. The lowest BCUT2D eigenvalue weighted by molar-refractivity contribution is -0.133. The molecule has 0 spiro atoms. The van der Waals surface area contributed by atoms with E-state index in [0.717, 1.165) is 50.0 Å². The number of hydrogen-bond acceptors (Lipinski definition) is 3. The summed E-state index contributed by atoms with van der Waals surface area (Å²) in [6.45, 7) is 2.15. The van der Waals surface area contributed by atoms with Crippen molar-refractivity contribution < 1.29 is 9.59 Å². The molecule has 6 heteroatoms. The highest BCUT2D eigenvalue weighted by atomic mass is 35.5. The van der Waals surface area contributed by atoms with Crippen molar-refractivity contribution >= 4 is 23.4 Å². The van der Waals surface area contributed by atoms with E-state index in [9.17, 15) is 9.59 Å². The highest BCUT2D eigenvalue weighted by Gasteiger charge is 2.51. The van der Waals surface area contributed by atoms with Crippen molar-refractivity contribution in [3.05, 3.63) is 64.9 Å². The highest BCUT2D eigenvalue weighted by molar-refractivity contribution is 6.30. The lowest BCUT2D eigenvalue weighted by atomic mass is 9.93. The Morgan fingerprint density at radius 1 is 1.17 bits per heavy atom. The molecule has 2 amide bonds. The molecule has 4 rings (SSSR count). The Balaban J connectivity index is 1.26. The quantitative estimate of drug-likeness (QED) is 0.734. The van der Waals surface area contributed by atoms with Gasteiger partial charge in [-0.2, -0.15) is 0 Å². The summed E-state index contributed by atoms with van der Waals surface area (Å²) in [6, 6.07) is 13.4. The predicted molar refractivity (Wildman–Crippen MR) is 117 cm³/mol. The van der Waals surface area contributed by atoms with Crippen LogP contribution in [0.4, 0.5) is 0 Å². The van der Waals surface area contributed by atoms with E-state index >= 15 is 0 Å². The van der Waals surface area contributed by atoms with Gasteiger partial charge in [0.15, 0.2) is 0 Å². The van der Waals surface area contributed by atoms with Crippen LogP contribution >= 0.6 is 11.6 Å². The van der Waals surface area contributed by atoms with E-state index in [0.29, 0.717) is 30.3 Å². The van der Waals surface area contributed by atoms with Crippen molar-refractivity contribution in [2.75, 3.05) is 19.6 Å². The number of rotatable bonds is 7. The lowest BCUT2D eigenvalue weighted by Crippen LogP contribution is -2.45. The Kier molecular flexibility index (Phi) is 6.38. The van der Waals surface area contributed by atoms with Crippen molar-refractivity contribution in [3.8, 4) is 0 Å². The zero-order valence-electron chi connectivity index (χ0n) is 17.1. The molecule has 2 aliphatic rings. The van der Waals surface area contributed by atoms with Crippen molar-refractivity contribution in [2.45, 2.75) is 43.9 Å². The van der Waals surface area contributed by atoms with E-state index in [-0.39, 0.29) is 11.8 Å². The lowest BCUT2D eigenvalue weighted by Gasteiger charge is -2.33. The molecule has 0 bridgehead atoms. The molecular formula is C24H28ClN3O2. The smallest absolute Gasteiger partial charge is 0.230 e. The number of carbonyl (C=O) groups excluding carboxylic acids is 2. The molecule has 2 fully saturated rings. The van der Waals surface area contributed by atoms with E-state index < -0.39 is 5.41 Å². The first-order chi connectivity index (χ1) is 14.6. The molecule has 1 atom stereocenters. The summed E-state index contributed by atoms with van der Waals surface area (Å²) in [5.41, 5.74) is 1.60. The summed E-state index contributed by atoms with van der Waals surface area (Å²) in [4.78, 5) is 31.8. The zero-order valence-corrected chi connectivity index (χ0v) is 17.9. The van der Waals surface area contributed by atoms with Gasteiger partial charge in [-0.15, -0.1) is 0 Å². The summed E-state index contributed by atoms with van der Waals surface area (Å²) < 4.78 is 0. The van der Waals surface area contributed by atoms with Gasteiger partial charge < -0.3 is 10.2 Å². The Morgan fingerprint density at radius 2 is 1.97 bits per heavy atom. The second-order valence-electron chi connectivity index (χ2n) is 8.47. The van der Waals surface area contributed by atoms with Crippen LogP contribution in [0.3, 0.4) is 0 Å². The molecule has 1 aliphatic carbocycles. The van der Waals surface area contributed by atoms with Crippen LogP contribution in [0.25, 0.3) is 0 Å². The number of amides is 2. The molecule has 1 saturated carbocycles. The number of likely N-dealkylation sites (tertiary alicyclic amines) is 1. The molecule has 1 aromatic heterocycles. The fourth-order valence-corrected chi connectivity index (χ4v) is 4.47. The first-order valence-corrected chi connectivity index (χ1v) is 11.2. The summed E-state index contributed by atoms with van der Waals surface area (Å²) in [6.07, 6.45) is 6.69. The van der Waals surface area contributed by atoms with Crippen LogP contribution in [0.5, 0.6) is 0 Å². The number of hydrogen-bond donors (Lipinski definition) is 1. The van der Waals surface area contributed by atoms with E-state index in [2.05, 4.69) is 10.3 Å². The number of halogens is 1. The zero-order chi connectivity index (χ0) is 21.0. The molecule has 2 aromatic rings. The van der Waals surface area contributed by atoms with Gasteiger partial charge in [0.25, 0.3) is 0 Å². The van der Waals surface area contributed by atoms with Crippen LogP contribution in [-0.2, 0) is 21.4 Å². The van der Waals surface area contributed by atoms with Crippen molar-refractivity contribution in [2.24, 2.45) is 5.92 Å². The number of nitrogens with one attached hydrogen (secondary N) is 1. The first kappa shape index (κ1) is 20.9. The molecule has 1 unspecified atom stereocenters. The summed E-state index contributed by atoms with van der Waals surface area (Å²) in [5, 5.41) is 3.85. The third-order valence-corrected chi connectivity index (χ3v) is 6.58. The van der Waals surface area contributed by atoms with Gasteiger partial charge in [-0.1, -0.05) is 29.8 Å². The Bertz CT molecular complexity index is 881. The standard InChI is InChI=1S/C24H28ClN3O2/c25-20-8-6-19(7-9-20)24(12-13-24)23(30)27-16-18-4-3-15-28(17-18)22(29)11-10-21-5-1-2-14-26-21/h1-2,5-9,14,18H,3-4,10-13,15-17H2,(H,27,30). The van der Waals surface area contributed by atoms with Crippen LogP contribution in [0.2, 0.25) is 5.02 Å². The minimum Gasteiger partial charge on any atom is -0.355 e. The van der Waals surface area contributed by atoms with E-state index in [4.69, 9.17) is 11.6 Å². The third-order valence-electron chi connectivity index (χ3n) is 6.33. The minimum atomic E-state index is -0.391. The van der Waals surface area contributed by atoms with E-state index in [1.165, 1.54) is 0 Å². The predicted octanol–water partition coefficient (Wildman–Crippen LogP) is 3.75. The molecule has 158 valence electrons. The average Bonchev–Trinajstić information content (AvgIpc) is 3.59. The van der Waals surface area contributed by atoms with Gasteiger partial charge in [-0.05, 0) is 67.9 Å². The van der Waals surface area contributed by atoms with Gasteiger partial charge in [0.2, 0.25) is 11.8 Å². The number of carbonyl (C=O) groups is 2. The maximum Gasteiger partial charge on any atom is 0.230 e. The molecule has 1 aliphatic heterocycles. The van der Waals surface area contributed by atoms with Gasteiger partial charge >= 0.3 is 0 Å². The van der Waals surface area contributed by atoms with Gasteiger partial charge in [0, 0.05) is 43.0 Å². The Morgan fingerprint density at radius 3 is 2.67 bits per heavy atom. The van der Waals surface area contributed by atoms with Crippen LogP contribution in [0, 0.1) is 5.92 Å². The third kappa shape index (κ3) is 4.84. The molecule has 0 radical (unpaired) electrons. The Hall–Kier alpha value is -2.40. The molecule has 2 heterocycles. The number of aromatic nitrogens is 1. The highest BCUT2D eigenvalue weighted by Crippen LogP contribution is 2.48. The van der Waals surface area contributed by atoms with Crippen molar-refractivity contribution in [3.63, 3.8) is 0 Å². The molecular weight excluding hydrogens is 398 g/mol. The fraction of sp³-hybridized carbons (Fsp3) is 0.458. The largest absolute Gasteiger partial charge is 0.355 e. The van der Waals surface area contributed by atoms with Crippen molar-refractivity contribution in [1.29, 1.82) is 0 Å². The van der Waals surface area contributed by atoms with Crippen molar-refractivity contribution in [1.82, 2.24) is 15.2 Å². The molecule has 30 heavy (non-hydrogen) atoms. The van der Waals surface area contributed by atoms with Gasteiger partial charge in [0.05, 0.1) is 5.41 Å². The minimum absolute atomic E-state index is 0.100. The second kappa shape index (κ2) is 9.17. The molecule has 1 N–H and O–H groups in total. The van der Waals surface area contributed by atoms with Gasteiger partial charge in [0.1, 0.15) is 0 Å². The maximum atomic E-state index is 12.9. The SMILES string of the molecule is O=C(CCc1ccccn1)N1CCCC(CNC(=O)C2(c3ccc(Cl)cc3)CC2)C1. The molecule has 1 saturated heterocycles. The number of nitrogens with zero attached hydrogens (tertiary/aromatic N) is 2. The van der Waals surface area contributed by atoms with Crippen LogP contribution in [0.15, 0.2) is 48.7 Å². The molecule has 1 aromatic carbocycles. The number of benzene rings is 1. The number of pyridine rings is 1. The van der Waals surface area contributed by atoms with Crippen LogP contribution in [0.1, 0.15) is 43.4 Å². The van der Waals surface area contributed by atoms with E-state index in [1.54, 1.807) is 6.20 Å². The summed E-state index contributed by atoms with van der Waals surface area (Å²) >= 11 is 5.98. The first-order valence-electron chi connectivity index (χ1n) is 10.8. The van der Waals surface area contributed by atoms with Gasteiger partial charge in [-0.3, -0.25) is 14.6 Å². The number of piperidine rings is 1. The maximum absolute atomic E-state index is 12.9. The monoisotopic (exact) mass is 425 g/mol. The fourth-order valence-electron chi connectivity index (χ4n) is 4.34. The van der Waals surface area contributed by atoms with Gasteiger partial charge in [-0.25, -0.2) is 0 Å². The van der Waals surface area contributed by atoms with E-state index in [1.807, 2.05) is 47.4 Å². The Labute approximate surface area is 182 Å². The normalized spacial score (nSPS) is 19.9. The van der Waals surface area contributed by atoms with Crippen LogP contribution < -0.4 is 5.32 Å². The topological polar surface area (TPSA) is 62.3 Å². The average molecular weight is 426 g/mol. The van der Waals surface area contributed by atoms with Crippen LogP contribution in [-0.4, -0.2) is 41.3 Å². The summed E-state index contributed by atoms with van der Waals surface area (Å²) in [7, 11) is 0. The molecule has 5 nitrogen and oxygen atoms in total.